The number of rotatable bonds is 3. The van der Waals surface area contributed by atoms with Crippen LogP contribution in [0.5, 0.6) is 0 Å². The highest BCUT2D eigenvalue weighted by atomic mass is 35.5. The maximum absolute atomic E-state index is 9.87. The SMILES string of the molecule is N[C@@H](c1ccc(Cl)c(Cl)c1)[C@H](O)C1CC1. The Kier molecular flexibility index (Phi) is 3.21. The smallest absolute Gasteiger partial charge is 0.0760 e. The molecule has 0 aliphatic heterocycles. The number of halogens is 2. The minimum atomic E-state index is -0.470. The van der Waals surface area contributed by atoms with Crippen molar-refractivity contribution in [2.24, 2.45) is 11.7 Å². The molecule has 1 saturated carbocycles. The predicted octanol–water partition coefficient (Wildman–Crippen LogP) is 2.76. The van der Waals surface area contributed by atoms with Gasteiger partial charge >= 0.3 is 0 Å². The molecule has 1 fully saturated rings. The summed E-state index contributed by atoms with van der Waals surface area (Å²) < 4.78 is 0. The van der Waals surface area contributed by atoms with E-state index in [2.05, 4.69) is 0 Å². The highest BCUT2D eigenvalue weighted by molar-refractivity contribution is 6.42. The molecule has 82 valence electrons. The Morgan fingerprint density at radius 1 is 1.27 bits per heavy atom. The van der Waals surface area contributed by atoms with Gasteiger partial charge in [-0.05, 0) is 36.5 Å². The molecule has 15 heavy (non-hydrogen) atoms. The number of hydrogen-bond donors (Lipinski definition) is 2. The Labute approximate surface area is 99.0 Å². The molecule has 1 aliphatic rings. The molecule has 2 atom stereocenters. The summed E-state index contributed by atoms with van der Waals surface area (Å²) >= 11 is 11.7. The zero-order chi connectivity index (χ0) is 11.0. The molecule has 1 aromatic rings. The minimum Gasteiger partial charge on any atom is -0.391 e. The van der Waals surface area contributed by atoms with Crippen LogP contribution in [0.2, 0.25) is 10.0 Å². The molecule has 3 N–H and O–H groups in total. The first-order valence-corrected chi connectivity index (χ1v) is 5.74. The zero-order valence-corrected chi connectivity index (χ0v) is 9.67. The van der Waals surface area contributed by atoms with Gasteiger partial charge in [-0.1, -0.05) is 29.3 Å². The largest absolute Gasteiger partial charge is 0.391 e. The summed E-state index contributed by atoms with van der Waals surface area (Å²) in [7, 11) is 0. The highest BCUT2D eigenvalue weighted by Crippen LogP contribution is 2.37. The van der Waals surface area contributed by atoms with E-state index in [0.717, 1.165) is 18.4 Å². The van der Waals surface area contributed by atoms with Crippen LogP contribution < -0.4 is 5.73 Å². The molecule has 0 saturated heterocycles. The second-order valence-electron chi connectivity index (χ2n) is 4.03. The first-order valence-electron chi connectivity index (χ1n) is 4.98. The number of aliphatic hydroxyl groups excluding tert-OH is 1. The molecule has 0 radical (unpaired) electrons. The van der Waals surface area contributed by atoms with Gasteiger partial charge in [0.05, 0.1) is 22.2 Å². The number of hydrogen-bond acceptors (Lipinski definition) is 2. The van der Waals surface area contributed by atoms with Crippen LogP contribution in [-0.2, 0) is 0 Å². The van der Waals surface area contributed by atoms with E-state index >= 15 is 0 Å². The summed E-state index contributed by atoms with van der Waals surface area (Å²) in [6, 6.07) is 4.87. The van der Waals surface area contributed by atoms with Crippen LogP contribution in [-0.4, -0.2) is 11.2 Å². The fourth-order valence-corrected chi connectivity index (χ4v) is 1.95. The monoisotopic (exact) mass is 245 g/mol. The Hall–Kier alpha value is -0.280. The van der Waals surface area contributed by atoms with Gasteiger partial charge in [-0.15, -0.1) is 0 Å². The normalized spacial score (nSPS) is 20.0. The van der Waals surface area contributed by atoms with E-state index in [0.29, 0.717) is 16.0 Å². The minimum absolute atomic E-state index is 0.356. The van der Waals surface area contributed by atoms with Crippen molar-refractivity contribution in [2.75, 3.05) is 0 Å². The lowest BCUT2D eigenvalue weighted by atomic mass is 9.99. The van der Waals surface area contributed by atoms with Crippen LogP contribution in [0.3, 0.4) is 0 Å². The lowest BCUT2D eigenvalue weighted by Gasteiger charge is -2.19. The molecule has 2 rings (SSSR count). The summed E-state index contributed by atoms with van der Waals surface area (Å²) in [5, 5.41) is 10.9. The van der Waals surface area contributed by atoms with Crippen molar-refractivity contribution in [3.05, 3.63) is 33.8 Å². The van der Waals surface area contributed by atoms with Gasteiger partial charge in [0, 0.05) is 0 Å². The van der Waals surface area contributed by atoms with E-state index in [4.69, 9.17) is 28.9 Å². The second-order valence-corrected chi connectivity index (χ2v) is 4.84. The van der Waals surface area contributed by atoms with Crippen molar-refractivity contribution >= 4 is 23.2 Å². The molecule has 0 bridgehead atoms. The molecule has 0 aromatic heterocycles. The van der Waals surface area contributed by atoms with Gasteiger partial charge in [0.25, 0.3) is 0 Å². The summed E-state index contributed by atoms with van der Waals surface area (Å²) in [6.07, 6.45) is 1.66. The van der Waals surface area contributed by atoms with Crippen molar-refractivity contribution in [1.82, 2.24) is 0 Å². The quantitative estimate of drug-likeness (QED) is 0.861. The van der Waals surface area contributed by atoms with Crippen molar-refractivity contribution < 1.29 is 5.11 Å². The third-order valence-electron chi connectivity index (χ3n) is 2.80. The summed E-state index contributed by atoms with van der Waals surface area (Å²) in [5.74, 6) is 0.356. The first-order chi connectivity index (χ1) is 7.09. The van der Waals surface area contributed by atoms with Gasteiger partial charge in [0.1, 0.15) is 0 Å². The topological polar surface area (TPSA) is 46.2 Å². The van der Waals surface area contributed by atoms with E-state index in [1.54, 1.807) is 12.1 Å². The molecule has 0 amide bonds. The fourth-order valence-electron chi connectivity index (χ4n) is 1.65. The third kappa shape index (κ3) is 2.45. The predicted molar refractivity (Wildman–Crippen MR) is 62.1 cm³/mol. The van der Waals surface area contributed by atoms with Gasteiger partial charge in [0.2, 0.25) is 0 Å². The lowest BCUT2D eigenvalue weighted by molar-refractivity contribution is 0.122. The zero-order valence-electron chi connectivity index (χ0n) is 8.16. The van der Waals surface area contributed by atoms with Gasteiger partial charge in [-0.2, -0.15) is 0 Å². The van der Waals surface area contributed by atoms with Gasteiger partial charge in [-0.25, -0.2) is 0 Å². The molecule has 2 nitrogen and oxygen atoms in total. The second kappa shape index (κ2) is 4.30. The Bertz CT molecular complexity index is 366. The molecule has 4 heteroatoms. The highest BCUT2D eigenvalue weighted by Gasteiger charge is 2.34. The molecular formula is C11H13Cl2NO. The van der Waals surface area contributed by atoms with Gasteiger partial charge in [0.15, 0.2) is 0 Å². The van der Waals surface area contributed by atoms with E-state index in [1.165, 1.54) is 0 Å². The summed E-state index contributed by atoms with van der Waals surface area (Å²) in [5.41, 5.74) is 6.78. The Morgan fingerprint density at radius 3 is 2.47 bits per heavy atom. The standard InChI is InChI=1S/C11H13Cl2NO/c12-8-4-3-7(5-9(8)13)10(14)11(15)6-1-2-6/h3-6,10-11,15H,1-2,14H2/t10-,11+/m0/s1. The van der Waals surface area contributed by atoms with Crippen molar-refractivity contribution in [3.63, 3.8) is 0 Å². The summed E-state index contributed by atoms with van der Waals surface area (Å²) in [6.45, 7) is 0. The van der Waals surface area contributed by atoms with Crippen molar-refractivity contribution in [1.29, 1.82) is 0 Å². The van der Waals surface area contributed by atoms with Gasteiger partial charge < -0.3 is 10.8 Å². The van der Waals surface area contributed by atoms with Crippen LogP contribution in [0.15, 0.2) is 18.2 Å². The van der Waals surface area contributed by atoms with Crippen molar-refractivity contribution in [2.45, 2.75) is 25.0 Å². The molecule has 0 heterocycles. The Balaban J connectivity index is 2.17. The number of aliphatic hydroxyl groups is 1. The maximum atomic E-state index is 9.87. The van der Waals surface area contributed by atoms with Crippen LogP contribution in [0, 0.1) is 5.92 Å². The maximum Gasteiger partial charge on any atom is 0.0760 e. The average Bonchev–Trinajstić information content (AvgIpc) is 3.03. The van der Waals surface area contributed by atoms with E-state index < -0.39 is 6.10 Å². The van der Waals surface area contributed by atoms with E-state index in [9.17, 15) is 5.11 Å². The van der Waals surface area contributed by atoms with Crippen LogP contribution in [0.1, 0.15) is 24.4 Å². The van der Waals surface area contributed by atoms with E-state index in [1.807, 2.05) is 6.07 Å². The number of nitrogens with two attached hydrogens (primary N) is 1. The van der Waals surface area contributed by atoms with Crippen LogP contribution in [0.25, 0.3) is 0 Å². The fraction of sp³-hybridized carbons (Fsp3) is 0.455. The molecule has 1 aromatic carbocycles. The lowest BCUT2D eigenvalue weighted by Crippen LogP contribution is -2.27. The Morgan fingerprint density at radius 2 is 1.93 bits per heavy atom. The van der Waals surface area contributed by atoms with Crippen LogP contribution in [0.4, 0.5) is 0 Å². The third-order valence-corrected chi connectivity index (χ3v) is 3.54. The molecular weight excluding hydrogens is 233 g/mol. The van der Waals surface area contributed by atoms with E-state index in [-0.39, 0.29) is 6.04 Å². The van der Waals surface area contributed by atoms with Crippen LogP contribution >= 0.6 is 23.2 Å². The van der Waals surface area contributed by atoms with Crippen molar-refractivity contribution in [3.8, 4) is 0 Å². The molecule has 1 aliphatic carbocycles. The molecule has 0 unspecified atom stereocenters. The first kappa shape index (κ1) is 11.2. The summed E-state index contributed by atoms with van der Waals surface area (Å²) in [4.78, 5) is 0. The number of benzene rings is 1. The molecule has 0 spiro atoms. The van der Waals surface area contributed by atoms with Gasteiger partial charge in [-0.3, -0.25) is 0 Å². The average molecular weight is 246 g/mol.